The molecule has 3 heterocycles. The molecule has 0 aliphatic carbocycles. The van der Waals surface area contributed by atoms with Gasteiger partial charge in [-0.3, -0.25) is 15.1 Å². The van der Waals surface area contributed by atoms with E-state index in [9.17, 15) is 10.1 Å². The molecule has 1 aliphatic heterocycles. The number of ether oxygens (including phenoxy) is 1. The molecule has 1 fully saturated rings. The maximum Gasteiger partial charge on any atom is 0.353 e. The summed E-state index contributed by atoms with van der Waals surface area (Å²) < 4.78 is 5.33. The second-order valence-corrected chi connectivity index (χ2v) is 6.20. The minimum Gasteiger partial charge on any atom is -0.378 e. The van der Waals surface area contributed by atoms with Gasteiger partial charge >= 0.3 is 5.69 Å². The van der Waals surface area contributed by atoms with Crippen LogP contribution in [0.25, 0.3) is 10.9 Å². The Bertz CT molecular complexity index is 1000. The summed E-state index contributed by atoms with van der Waals surface area (Å²) in [5, 5.41) is 15.8. The van der Waals surface area contributed by atoms with Crippen LogP contribution in [0.4, 0.5) is 23.0 Å². The van der Waals surface area contributed by atoms with E-state index in [-0.39, 0.29) is 11.5 Å². The Morgan fingerprint density at radius 2 is 2.00 bits per heavy atom. The number of fused-ring (bicyclic) bond motifs is 1. The van der Waals surface area contributed by atoms with Gasteiger partial charge in [-0.15, -0.1) is 0 Å². The second kappa shape index (κ2) is 7.12. The molecule has 1 aliphatic rings. The van der Waals surface area contributed by atoms with Gasteiger partial charge in [0.1, 0.15) is 6.33 Å². The maximum absolute atomic E-state index is 11.8. The van der Waals surface area contributed by atoms with Gasteiger partial charge in [0.05, 0.1) is 23.7 Å². The van der Waals surface area contributed by atoms with Crippen molar-refractivity contribution in [2.75, 3.05) is 36.5 Å². The zero-order valence-electron chi connectivity index (χ0n) is 14.8. The summed E-state index contributed by atoms with van der Waals surface area (Å²) in [5.74, 6) is 0.458. The first-order valence-corrected chi connectivity index (χ1v) is 8.59. The Morgan fingerprint density at radius 1 is 1.19 bits per heavy atom. The summed E-state index contributed by atoms with van der Waals surface area (Å²) in [7, 11) is 0. The van der Waals surface area contributed by atoms with Crippen molar-refractivity contribution in [2.24, 2.45) is 0 Å². The normalized spacial score (nSPS) is 14.3. The van der Waals surface area contributed by atoms with Crippen LogP contribution < -0.4 is 10.2 Å². The van der Waals surface area contributed by atoms with Gasteiger partial charge in [0.25, 0.3) is 0 Å². The highest BCUT2D eigenvalue weighted by Gasteiger charge is 2.28. The predicted molar refractivity (Wildman–Crippen MR) is 101 cm³/mol. The third-order valence-corrected chi connectivity index (χ3v) is 4.42. The van der Waals surface area contributed by atoms with Crippen molar-refractivity contribution in [1.29, 1.82) is 0 Å². The lowest BCUT2D eigenvalue weighted by atomic mass is 10.1. The van der Waals surface area contributed by atoms with Gasteiger partial charge in [-0.2, -0.15) is 0 Å². The number of rotatable bonds is 4. The molecule has 0 atom stereocenters. The number of nitro groups is 1. The van der Waals surface area contributed by atoms with Crippen molar-refractivity contribution in [3.63, 3.8) is 0 Å². The number of hydrogen-bond donors (Lipinski definition) is 1. The van der Waals surface area contributed by atoms with Crippen LogP contribution in [-0.4, -0.2) is 46.2 Å². The van der Waals surface area contributed by atoms with Crippen LogP contribution in [0.15, 0.2) is 36.7 Å². The molecule has 1 aromatic carbocycles. The third kappa shape index (κ3) is 3.36. The summed E-state index contributed by atoms with van der Waals surface area (Å²) in [6.45, 7) is 4.05. The highest BCUT2D eigenvalue weighted by atomic mass is 16.6. The molecule has 0 spiro atoms. The maximum atomic E-state index is 11.8. The molecule has 9 heteroatoms. The molecule has 0 unspecified atom stereocenters. The lowest BCUT2D eigenvalue weighted by Gasteiger charge is -2.27. The molecular formula is C18H18N6O3. The number of morpholine rings is 1. The van der Waals surface area contributed by atoms with Crippen LogP contribution in [0.5, 0.6) is 0 Å². The van der Waals surface area contributed by atoms with Crippen molar-refractivity contribution >= 4 is 33.9 Å². The van der Waals surface area contributed by atoms with E-state index in [1.165, 1.54) is 6.33 Å². The zero-order valence-corrected chi connectivity index (χ0v) is 14.8. The predicted octanol–water partition coefficient (Wildman–Crippen LogP) is 2.82. The summed E-state index contributed by atoms with van der Waals surface area (Å²) in [5.41, 5.74) is 2.28. The van der Waals surface area contributed by atoms with Gasteiger partial charge in [0.15, 0.2) is 0 Å². The monoisotopic (exact) mass is 366 g/mol. The topological polar surface area (TPSA) is 106 Å². The third-order valence-electron chi connectivity index (χ3n) is 4.42. The number of nitrogens with one attached hydrogen (secondary N) is 1. The van der Waals surface area contributed by atoms with Crippen LogP contribution in [0.1, 0.15) is 5.69 Å². The number of hydrogen-bond acceptors (Lipinski definition) is 8. The standard InChI is InChI=1S/C18H18N6O3/c1-12-5-6-13-14(21-12)3-2-4-15(13)22-17-16(24(25)26)18(20-11-19-17)23-7-9-27-10-8-23/h2-6,11H,7-10H2,1H3,(H,19,20,22). The van der Waals surface area contributed by atoms with Gasteiger partial charge < -0.3 is 15.0 Å². The smallest absolute Gasteiger partial charge is 0.353 e. The zero-order chi connectivity index (χ0) is 18.8. The van der Waals surface area contributed by atoms with Crippen molar-refractivity contribution < 1.29 is 9.66 Å². The molecule has 1 N–H and O–H groups in total. The first-order valence-electron chi connectivity index (χ1n) is 8.59. The lowest BCUT2D eigenvalue weighted by Crippen LogP contribution is -2.37. The summed E-state index contributed by atoms with van der Waals surface area (Å²) >= 11 is 0. The molecule has 0 bridgehead atoms. The fourth-order valence-corrected chi connectivity index (χ4v) is 3.13. The van der Waals surface area contributed by atoms with Gasteiger partial charge in [0, 0.05) is 29.9 Å². The summed E-state index contributed by atoms with van der Waals surface area (Å²) in [4.78, 5) is 26.0. The van der Waals surface area contributed by atoms with Crippen LogP contribution in [0.3, 0.4) is 0 Å². The number of aromatic nitrogens is 3. The quantitative estimate of drug-likeness (QED) is 0.555. The van der Waals surface area contributed by atoms with Crippen LogP contribution in [-0.2, 0) is 4.74 Å². The Balaban J connectivity index is 1.77. The Hall–Kier alpha value is -3.33. The van der Waals surface area contributed by atoms with E-state index in [4.69, 9.17) is 4.74 Å². The molecule has 3 aromatic rings. The number of aryl methyl sites for hydroxylation is 1. The van der Waals surface area contributed by atoms with Crippen LogP contribution in [0, 0.1) is 17.0 Å². The van der Waals surface area contributed by atoms with E-state index < -0.39 is 4.92 Å². The average Bonchev–Trinajstić information content (AvgIpc) is 2.68. The second-order valence-electron chi connectivity index (χ2n) is 6.20. The molecule has 0 saturated carbocycles. The fourth-order valence-electron chi connectivity index (χ4n) is 3.13. The SMILES string of the molecule is Cc1ccc2c(Nc3ncnc(N4CCOCC4)c3[N+](=O)[O-])cccc2n1. The van der Waals surface area contributed by atoms with Crippen molar-refractivity contribution in [3.8, 4) is 0 Å². The van der Waals surface area contributed by atoms with Crippen molar-refractivity contribution in [3.05, 3.63) is 52.5 Å². The molecule has 0 amide bonds. The molecule has 9 nitrogen and oxygen atoms in total. The van der Waals surface area contributed by atoms with Crippen molar-refractivity contribution in [1.82, 2.24) is 15.0 Å². The molecule has 1 saturated heterocycles. The first-order chi connectivity index (χ1) is 13.1. The Kier molecular flexibility index (Phi) is 4.51. The van der Waals surface area contributed by atoms with Gasteiger partial charge in [-0.05, 0) is 31.2 Å². The molecular weight excluding hydrogens is 348 g/mol. The molecule has 27 heavy (non-hydrogen) atoms. The highest BCUT2D eigenvalue weighted by molar-refractivity contribution is 5.94. The molecule has 138 valence electrons. The van der Waals surface area contributed by atoms with Gasteiger partial charge in [0.2, 0.25) is 11.6 Å². The van der Waals surface area contributed by atoms with Gasteiger partial charge in [-0.1, -0.05) is 6.07 Å². The number of benzene rings is 1. The van der Waals surface area contributed by atoms with Gasteiger partial charge in [-0.25, -0.2) is 9.97 Å². The number of pyridine rings is 1. The van der Waals surface area contributed by atoms with Crippen LogP contribution >= 0.6 is 0 Å². The van der Waals surface area contributed by atoms with E-state index in [1.807, 2.05) is 42.2 Å². The van der Waals surface area contributed by atoms with E-state index in [1.54, 1.807) is 0 Å². The highest BCUT2D eigenvalue weighted by Crippen LogP contribution is 2.35. The largest absolute Gasteiger partial charge is 0.378 e. The lowest BCUT2D eigenvalue weighted by molar-refractivity contribution is -0.383. The Labute approximate surface area is 155 Å². The summed E-state index contributed by atoms with van der Waals surface area (Å²) in [6.07, 6.45) is 1.34. The summed E-state index contributed by atoms with van der Waals surface area (Å²) in [6, 6.07) is 9.45. The number of anilines is 3. The number of nitrogens with zero attached hydrogens (tertiary/aromatic N) is 5. The van der Waals surface area contributed by atoms with E-state index >= 15 is 0 Å². The average molecular weight is 366 g/mol. The van der Waals surface area contributed by atoms with E-state index in [0.29, 0.717) is 37.8 Å². The molecule has 2 aromatic heterocycles. The molecule has 0 radical (unpaired) electrons. The minimum absolute atomic E-state index is 0.142. The molecule has 4 rings (SSSR count). The van der Waals surface area contributed by atoms with Crippen LogP contribution in [0.2, 0.25) is 0 Å². The van der Waals surface area contributed by atoms with E-state index in [0.717, 1.165) is 16.6 Å². The van der Waals surface area contributed by atoms with Crippen molar-refractivity contribution in [2.45, 2.75) is 6.92 Å². The fraction of sp³-hybridized carbons (Fsp3) is 0.278. The first kappa shape index (κ1) is 17.1. The van der Waals surface area contributed by atoms with E-state index in [2.05, 4.69) is 20.3 Å². The minimum atomic E-state index is -0.444. The Morgan fingerprint density at radius 3 is 2.78 bits per heavy atom.